The number of imidazole rings is 1. The van der Waals surface area contributed by atoms with Gasteiger partial charge in [-0.3, -0.25) is 0 Å². The first-order valence-electron chi connectivity index (χ1n) is 7.08. The highest BCUT2D eigenvalue weighted by Gasteiger charge is 2.16. The van der Waals surface area contributed by atoms with Crippen LogP contribution in [-0.2, 0) is 13.5 Å². The van der Waals surface area contributed by atoms with Crippen molar-refractivity contribution in [1.29, 1.82) is 0 Å². The van der Waals surface area contributed by atoms with Gasteiger partial charge in [0.2, 0.25) is 0 Å². The zero-order valence-corrected chi connectivity index (χ0v) is 12.2. The van der Waals surface area contributed by atoms with Gasteiger partial charge in [-0.15, -0.1) is 6.58 Å². The van der Waals surface area contributed by atoms with E-state index in [1.165, 1.54) is 5.56 Å². The van der Waals surface area contributed by atoms with Crippen LogP contribution in [0, 0.1) is 0 Å². The highest BCUT2D eigenvalue weighted by Crippen LogP contribution is 2.32. The Bertz CT molecular complexity index is 740. The summed E-state index contributed by atoms with van der Waals surface area (Å²) in [6.45, 7) is 3.83. The van der Waals surface area contributed by atoms with Crippen molar-refractivity contribution in [2.45, 2.75) is 6.42 Å². The minimum Gasteiger partial charge on any atom is -0.330 e. The molecule has 1 heterocycles. The van der Waals surface area contributed by atoms with E-state index in [1.54, 1.807) is 0 Å². The molecule has 0 unspecified atom stereocenters. The minimum atomic E-state index is 0.767. The molecule has 1 aromatic heterocycles. The normalized spacial score (nSPS) is 10.5. The summed E-state index contributed by atoms with van der Waals surface area (Å²) in [6, 6.07) is 20.7. The number of rotatable bonds is 4. The van der Waals surface area contributed by atoms with Gasteiger partial charge in [0.15, 0.2) is 0 Å². The van der Waals surface area contributed by atoms with Crippen LogP contribution < -0.4 is 0 Å². The average Bonchev–Trinajstić information content (AvgIpc) is 2.86. The second kappa shape index (κ2) is 5.80. The van der Waals surface area contributed by atoms with Crippen molar-refractivity contribution in [1.82, 2.24) is 9.55 Å². The van der Waals surface area contributed by atoms with Crippen LogP contribution in [0.1, 0.15) is 5.82 Å². The van der Waals surface area contributed by atoms with Crippen molar-refractivity contribution in [2.75, 3.05) is 0 Å². The van der Waals surface area contributed by atoms with Crippen LogP contribution in [0.15, 0.2) is 73.3 Å². The van der Waals surface area contributed by atoms with Gasteiger partial charge >= 0.3 is 0 Å². The fourth-order valence-electron chi connectivity index (χ4n) is 2.58. The van der Waals surface area contributed by atoms with Gasteiger partial charge in [0.05, 0.1) is 11.4 Å². The lowest BCUT2D eigenvalue weighted by Crippen LogP contribution is -1.98. The minimum absolute atomic E-state index is 0.767. The molecule has 0 saturated carbocycles. The molecule has 0 aliphatic carbocycles. The van der Waals surface area contributed by atoms with E-state index in [2.05, 4.69) is 54.6 Å². The monoisotopic (exact) mass is 274 g/mol. The van der Waals surface area contributed by atoms with E-state index in [0.29, 0.717) is 0 Å². The molecule has 0 atom stereocenters. The Hall–Kier alpha value is -2.61. The molecular formula is C19H18N2. The SMILES string of the molecule is C=CCc1nc(-c2ccccc2)c(-c2ccccc2)n1C. The number of hydrogen-bond acceptors (Lipinski definition) is 1. The maximum atomic E-state index is 4.84. The zero-order chi connectivity index (χ0) is 14.7. The quantitative estimate of drug-likeness (QED) is 0.641. The van der Waals surface area contributed by atoms with Crippen LogP contribution in [0.25, 0.3) is 22.5 Å². The Labute approximate surface area is 125 Å². The number of hydrogen-bond donors (Lipinski definition) is 0. The van der Waals surface area contributed by atoms with E-state index < -0.39 is 0 Å². The molecule has 3 aromatic rings. The molecule has 0 N–H and O–H groups in total. The Kier molecular flexibility index (Phi) is 3.69. The predicted octanol–water partition coefficient (Wildman–Crippen LogP) is 4.48. The molecule has 0 aliphatic heterocycles. The molecule has 2 nitrogen and oxygen atoms in total. The number of allylic oxidation sites excluding steroid dienone is 1. The lowest BCUT2D eigenvalue weighted by atomic mass is 10.1. The summed E-state index contributed by atoms with van der Waals surface area (Å²) < 4.78 is 2.17. The number of aromatic nitrogens is 2. The standard InChI is InChI=1S/C19H18N2/c1-3-10-17-20-18(15-11-6-4-7-12-15)19(21(17)2)16-13-8-5-9-14-16/h3-9,11-14H,1,10H2,2H3. The fraction of sp³-hybridized carbons (Fsp3) is 0.105. The van der Waals surface area contributed by atoms with Gasteiger partial charge in [0, 0.05) is 24.6 Å². The molecule has 0 saturated heterocycles. The summed E-state index contributed by atoms with van der Waals surface area (Å²) in [5, 5.41) is 0. The second-order valence-corrected chi connectivity index (χ2v) is 5.01. The first kappa shape index (κ1) is 13.4. The molecule has 0 spiro atoms. The molecule has 0 bridgehead atoms. The third-order valence-corrected chi connectivity index (χ3v) is 3.61. The summed E-state index contributed by atoms with van der Waals surface area (Å²) in [4.78, 5) is 4.84. The van der Waals surface area contributed by atoms with E-state index in [-0.39, 0.29) is 0 Å². The first-order valence-corrected chi connectivity index (χ1v) is 7.08. The highest BCUT2D eigenvalue weighted by atomic mass is 15.1. The van der Waals surface area contributed by atoms with Crippen LogP contribution >= 0.6 is 0 Å². The third kappa shape index (κ3) is 2.52. The lowest BCUT2D eigenvalue weighted by Gasteiger charge is -2.07. The van der Waals surface area contributed by atoms with Crippen molar-refractivity contribution in [3.05, 3.63) is 79.1 Å². The maximum Gasteiger partial charge on any atom is 0.113 e. The molecule has 0 aliphatic rings. The van der Waals surface area contributed by atoms with Crippen LogP contribution in [0.3, 0.4) is 0 Å². The third-order valence-electron chi connectivity index (χ3n) is 3.61. The highest BCUT2D eigenvalue weighted by molar-refractivity contribution is 5.79. The van der Waals surface area contributed by atoms with E-state index in [4.69, 9.17) is 4.98 Å². The Morgan fingerprint density at radius 3 is 2.10 bits per heavy atom. The van der Waals surface area contributed by atoms with E-state index in [9.17, 15) is 0 Å². The van der Waals surface area contributed by atoms with Crippen molar-refractivity contribution in [2.24, 2.45) is 7.05 Å². The van der Waals surface area contributed by atoms with Crippen molar-refractivity contribution >= 4 is 0 Å². The van der Waals surface area contributed by atoms with Crippen LogP contribution in [0.5, 0.6) is 0 Å². The van der Waals surface area contributed by atoms with Crippen molar-refractivity contribution in [3.63, 3.8) is 0 Å². The summed E-state index contributed by atoms with van der Waals surface area (Å²) in [5.74, 6) is 1.03. The van der Waals surface area contributed by atoms with E-state index in [0.717, 1.165) is 29.2 Å². The summed E-state index contributed by atoms with van der Waals surface area (Å²) >= 11 is 0. The molecule has 0 amide bonds. The molecule has 2 aromatic carbocycles. The van der Waals surface area contributed by atoms with Gasteiger partial charge in [0.1, 0.15) is 5.82 Å². The van der Waals surface area contributed by atoms with E-state index in [1.807, 2.05) is 30.3 Å². The Balaban J connectivity index is 2.23. The van der Waals surface area contributed by atoms with Gasteiger partial charge < -0.3 is 4.57 Å². The summed E-state index contributed by atoms with van der Waals surface area (Å²) in [5.41, 5.74) is 4.50. The van der Waals surface area contributed by atoms with Crippen molar-refractivity contribution in [3.8, 4) is 22.5 Å². The molecule has 21 heavy (non-hydrogen) atoms. The second-order valence-electron chi connectivity index (χ2n) is 5.01. The van der Waals surface area contributed by atoms with Gasteiger partial charge in [0.25, 0.3) is 0 Å². The fourth-order valence-corrected chi connectivity index (χ4v) is 2.58. The molecule has 0 radical (unpaired) electrons. The van der Waals surface area contributed by atoms with Crippen LogP contribution in [-0.4, -0.2) is 9.55 Å². The smallest absolute Gasteiger partial charge is 0.113 e. The van der Waals surface area contributed by atoms with Gasteiger partial charge in [-0.2, -0.15) is 0 Å². The summed E-state index contributed by atoms with van der Waals surface area (Å²) in [7, 11) is 2.07. The van der Waals surface area contributed by atoms with Crippen molar-refractivity contribution < 1.29 is 0 Å². The van der Waals surface area contributed by atoms with E-state index >= 15 is 0 Å². The molecule has 0 fully saturated rings. The topological polar surface area (TPSA) is 17.8 Å². The largest absolute Gasteiger partial charge is 0.330 e. The molecular weight excluding hydrogens is 256 g/mol. The van der Waals surface area contributed by atoms with Crippen LogP contribution in [0.2, 0.25) is 0 Å². The first-order chi connectivity index (χ1) is 10.3. The van der Waals surface area contributed by atoms with Gasteiger partial charge in [-0.05, 0) is 0 Å². The number of benzene rings is 2. The van der Waals surface area contributed by atoms with Gasteiger partial charge in [-0.25, -0.2) is 4.98 Å². The molecule has 2 heteroatoms. The number of nitrogens with zero attached hydrogens (tertiary/aromatic N) is 2. The predicted molar refractivity (Wildman–Crippen MR) is 88.0 cm³/mol. The van der Waals surface area contributed by atoms with Gasteiger partial charge in [-0.1, -0.05) is 66.7 Å². The Morgan fingerprint density at radius 1 is 0.952 bits per heavy atom. The van der Waals surface area contributed by atoms with Crippen LogP contribution in [0.4, 0.5) is 0 Å². The molecule has 3 rings (SSSR count). The summed E-state index contributed by atoms with van der Waals surface area (Å²) in [6.07, 6.45) is 2.66. The zero-order valence-electron chi connectivity index (χ0n) is 12.2. The maximum absolute atomic E-state index is 4.84. The Morgan fingerprint density at radius 2 is 1.52 bits per heavy atom. The lowest BCUT2D eigenvalue weighted by molar-refractivity contribution is 0.836. The molecule has 104 valence electrons. The average molecular weight is 274 g/mol.